The summed E-state index contributed by atoms with van der Waals surface area (Å²) in [6, 6.07) is 4.94. The summed E-state index contributed by atoms with van der Waals surface area (Å²) in [7, 11) is 2.98. The van der Waals surface area contributed by atoms with Crippen molar-refractivity contribution in [3.05, 3.63) is 23.8 Å². The maximum atomic E-state index is 9.73. The van der Waals surface area contributed by atoms with Crippen LogP contribution in [0.2, 0.25) is 0 Å². The van der Waals surface area contributed by atoms with Gasteiger partial charge < -0.3 is 25.0 Å². The highest BCUT2D eigenvalue weighted by atomic mass is 35.5. The zero-order valence-electron chi connectivity index (χ0n) is 10.4. The minimum absolute atomic E-state index is 0.0899. The molecule has 0 aromatic heterocycles. The SMILES string of the molecule is COC(OC)c1cc(NCC(O)CCl)ccc1O. The number of rotatable bonds is 7. The van der Waals surface area contributed by atoms with E-state index in [0.717, 1.165) is 5.69 Å². The van der Waals surface area contributed by atoms with Gasteiger partial charge in [-0.25, -0.2) is 0 Å². The number of ether oxygens (including phenoxy) is 2. The summed E-state index contributed by atoms with van der Waals surface area (Å²) in [6.07, 6.45) is -1.26. The van der Waals surface area contributed by atoms with Crippen LogP contribution in [0.5, 0.6) is 5.75 Å². The molecule has 1 rings (SSSR count). The number of aliphatic hydroxyl groups is 1. The van der Waals surface area contributed by atoms with Gasteiger partial charge in [0.1, 0.15) is 5.75 Å². The van der Waals surface area contributed by atoms with E-state index in [9.17, 15) is 10.2 Å². The van der Waals surface area contributed by atoms with Crippen molar-refractivity contribution in [3.8, 4) is 5.75 Å². The first-order valence-corrected chi connectivity index (χ1v) is 6.02. The molecule has 0 aliphatic heterocycles. The summed E-state index contributed by atoms with van der Waals surface area (Å²) < 4.78 is 10.2. The Balaban J connectivity index is 2.80. The Hall–Kier alpha value is -1.01. The van der Waals surface area contributed by atoms with Gasteiger partial charge in [0, 0.05) is 26.5 Å². The third-order valence-corrected chi connectivity index (χ3v) is 2.79. The molecule has 18 heavy (non-hydrogen) atoms. The van der Waals surface area contributed by atoms with Gasteiger partial charge in [0.05, 0.1) is 17.5 Å². The second kappa shape index (κ2) is 7.43. The molecule has 0 saturated carbocycles. The zero-order valence-corrected chi connectivity index (χ0v) is 11.1. The Morgan fingerprint density at radius 1 is 1.33 bits per heavy atom. The molecule has 0 bridgehead atoms. The normalized spacial score (nSPS) is 12.7. The van der Waals surface area contributed by atoms with Crippen molar-refractivity contribution >= 4 is 17.3 Å². The fraction of sp³-hybridized carbons (Fsp3) is 0.500. The van der Waals surface area contributed by atoms with E-state index in [4.69, 9.17) is 21.1 Å². The van der Waals surface area contributed by atoms with Gasteiger partial charge in [-0.15, -0.1) is 11.6 Å². The second-order valence-electron chi connectivity index (χ2n) is 3.77. The van der Waals surface area contributed by atoms with Crippen LogP contribution in [-0.4, -0.2) is 43.0 Å². The molecule has 6 heteroatoms. The number of aromatic hydroxyl groups is 1. The van der Waals surface area contributed by atoms with Crippen molar-refractivity contribution < 1.29 is 19.7 Å². The number of anilines is 1. The Morgan fingerprint density at radius 3 is 2.56 bits per heavy atom. The maximum Gasteiger partial charge on any atom is 0.186 e. The molecule has 1 atom stereocenters. The summed E-state index contributed by atoms with van der Waals surface area (Å²) in [5.41, 5.74) is 1.26. The van der Waals surface area contributed by atoms with Crippen molar-refractivity contribution in [2.45, 2.75) is 12.4 Å². The molecule has 1 aromatic carbocycles. The van der Waals surface area contributed by atoms with E-state index >= 15 is 0 Å². The first-order valence-electron chi connectivity index (χ1n) is 5.48. The van der Waals surface area contributed by atoms with Gasteiger partial charge in [-0.05, 0) is 18.2 Å². The van der Waals surface area contributed by atoms with Crippen LogP contribution in [0, 0.1) is 0 Å². The fourth-order valence-corrected chi connectivity index (χ4v) is 1.60. The van der Waals surface area contributed by atoms with Gasteiger partial charge in [-0.3, -0.25) is 0 Å². The molecular formula is C12H18ClNO4. The van der Waals surface area contributed by atoms with E-state index in [1.54, 1.807) is 12.1 Å². The molecule has 0 fully saturated rings. The molecule has 102 valence electrons. The molecule has 1 aromatic rings. The van der Waals surface area contributed by atoms with Crippen molar-refractivity contribution in [2.24, 2.45) is 0 Å². The van der Waals surface area contributed by atoms with Crippen LogP contribution in [-0.2, 0) is 9.47 Å². The fourth-order valence-electron chi connectivity index (χ4n) is 1.49. The van der Waals surface area contributed by atoms with Crippen LogP contribution in [0.15, 0.2) is 18.2 Å². The van der Waals surface area contributed by atoms with Gasteiger partial charge in [0.2, 0.25) is 0 Å². The summed E-state index contributed by atoms with van der Waals surface area (Å²) >= 11 is 5.50. The van der Waals surface area contributed by atoms with Gasteiger partial charge in [-0.1, -0.05) is 0 Å². The van der Waals surface area contributed by atoms with E-state index < -0.39 is 12.4 Å². The van der Waals surface area contributed by atoms with Crippen LogP contribution in [0.25, 0.3) is 0 Å². The van der Waals surface area contributed by atoms with E-state index in [1.165, 1.54) is 20.3 Å². The molecule has 0 saturated heterocycles. The van der Waals surface area contributed by atoms with E-state index in [0.29, 0.717) is 12.1 Å². The van der Waals surface area contributed by atoms with Gasteiger partial charge >= 0.3 is 0 Å². The number of hydrogen-bond donors (Lipinski definition) is 3. The van der Waals surface area contributed by atoms with Crippen LogP contribution in [0.4, 0.5) is 5.69 Å². The van der Waals surface area contributed by atoms with Gasteiger partial charge in [-0.2, -0.15) is 0 Å². The lowest BCUT2D eigenvalue weighted by Crippen LogP contribution is -2.20. The Labute approximate surface area is 111 Å². The van der Waals surface area contributed by atoms with E-state index in [1.807, 2.05) is 0 Å². The van der Waals surface area contributed by atoms with E-state index in [2.05, 4.69) is 5.32 Å². The highest BCUT2D eigenvalue weighted by Gasteiger charge is 2.14. The lowest BCUT2D eigenvalue weighted by Gasteiger charge is -2.17. The summed E-state index contributed by atoms with van der Waals surface area (Å²) in [5.74, 6) is 0.253. The Kier molecular flexibility index (Phi) is 6.21. The molecule has 3 N–H and O–H groups in total. The first-order chi connectivity index (χ1) is 8.62. The van der Waals surface area contributed by atoms with Crippen molar-refractivity contribution in [3.63, 3.8) is 0 Å². The molecular weight excluding hydrogens is 258 g/mol. The van der Waals surface area contributed by atoms with E-state index in [-0.39, 0.29) is 11.6 Å². The van der Waals surface area contributed by atoms with Gasteiger partial charge in [0.25, 0.3) is 0 Å². The number of halogens is 1. The topological polar surface area (TPSA) is 71.0 Å². The number of methoxy groups -OCH3 is 2. The molecule has 0 heterocycles. The Bertz CT molecular complexity index is 371. The average molecular weight is 276 g/mol. The van der Waals surface area contributed by atoms with Crippen molar-refractivity contribution in [1.82, 2.24) is 0 Å². The number of benzene rings is 1. The number of alkyl halides is 1. The summed E-state index contributed by atoms with van der Waals surface area (Å²) in [5, 5.41) is 22.1. The minimum Gasteiger partial charge on any atom is -0.507 e. The largest absolute Gasteiger partial charge is 0.507 e. The molecule has 0 amide bonds. The lowest BCUT2D eigenvalue weighted by atomic mass is 10.1. The lowest BCUT2D eigenvalue weighted by molar-refractivity contribution is -0.106. The first kappa shape index (κ1) is 15.0. The highest BCUT2D eigenvalue weighted by Crippen LogP contribution is 2.29. The molecule has 0 radical (unpaired) electrons. The van der Waals surface area contributed by atoms with Crippen LogP contribution in [0.1, 0.15) is 11.9 Å². The summed E-state index contributed by atoms with van der Waals surface area (Å²) in [4.78, 5) is 0. The number of nitrogens with one attached hydrogen (secondary N) is 1. The molecule has 5 nitrogen and oxygen atoms in total. The summed E-state index contributed by atoms with van der Waals surface area (Å²) in [6.45, 7) is 0.332. The van der Waals surface area contributed by atoms with Crippen LogP contribution < -0.4 is 5.32 Å². The van der Waals surface area contributed by atoms with Crippen LogP contribution >= 0.6 is 11.6 Å². The highest BCUT2D eigenvalue weighted by molar-refractivity contribution is 6.18. The zero-order chi connectivity index (χ0) is 13.5. The minimum atomic E-state index is -0.635. The standard InChI is InChI=1S/C12H18ClNO4/c1-17-12(18-2)10-5-8(3-4-11(10)16)14-7-9(15)6-13/h3-5,9,12,14-16H,6-7H2,1-2H3. The predicted octanol–water partition coefficient (Wildman–Crippen LogP) is 1.70. The monoisotopic (exact) mass is 275 g/mol. The smallest absolute Gasteiger partial charge is 0.186 e. The second-order valence-corrected chi connectivity index (χ2v) is 4.07. The molecule has 0 aliphatic rings. The third-order valence-electron chi connectivity index (χ3n) is 2.43. The molecule has 1 unspecified atom stereocenters. The number of phenolic OH excluding ortho intramolecular Hbond substituents is 1. The maximum absolute atomic E-state index is 9.73. The van der Waals surface area contributed by atoms with Crippen molar-refractivity contribution in [2.75, 3.05) is 32.0 Å². The third kappa shape index (κ3) is 4.03. The predicted molar refractivity (Wildman–Crippen MR) is 70.1 cm³/mol. The number of aliphatic hydroxyl groups excluding tert-OH is 1. The molecule has 0 aliphatic carbocycles. The number of hydrogen-bond acceptors (Lipinski definition) is 5. The average Bonchev–Trinajstić information content (AvgIpc) is 2.40. The quantitative estimate of drug-likeness (QED) is 0.401. The van der Waals surface area contributed by atoms with Crippen LogP contribution in [0.3, 0.4) is 0 Å². The number of phenols is 1. The van der Waals surface area contributed by atoms with Gasteiger partial charge in [0.15, 0.2) is 6.29 Å². The Morgan fingerprint density at radius 2 is 2.00 bits per heavy atom. The molecule has 0 spiro atoms. The van der Waals surface area contributed by atoms with Crippen molar-refractivity contribution in [1.29, 1.82) is 0 Å².